The van der Waals surface area contributed by atoms with Crippen LogP contribution in [0.15, 0.2) is 30.3 Å². The smallest absolute Gasteiger partial charge is 0.260 e. The fourth-order valence-electron chi connectivity index (χ4n) is 4.04. The molecule has 0 N–H and O–H groups in total. The maximum atomic E-state index is 13.9. The molecule has 3 aromatic rings. The van der Waals surface area contributed by atoms with Crippen LogP contribution in [0.3, 0.4) is 0 Å². The monoisotopic (exact) mass is 484 g/mol. The van der Waals surface area contributed by atoms with E-state index in [1.807, 2.05) is 32.9 Å². The van der Waals surface area contributed by atoms with Crippen molar-refractivity contribution in [3.8, 4) is 17.2 Å². The lowest BCUT2D eigenvalue weighted by Crippen LogP contribution is -2.37. The van der Waals surface area contributed by atoms with E-state index < -0.39 is 0 Å². The molecule has 0 bridgehead atoms. The lowest BCUT2D eigenvalue weighted by Gasteiger charge is -2.24. The molecule has 1 aliphatic heterocycles. The molecular formula is C26H32N2O5S. The van der Waals surface area contributed by atoms with E-state index in [1.165, 1.54) is 11.3 Å². The summed E-state index contributed by atoms with van der Waals surface area (Å²) in [4.78, 5) is 20.5. The van der Waals surface area contributed by atoms with Gasteiger partial charge in [-0.1, -0.05) is 17.4 Å². The lowest BCUT2D eigenvalue weighted by molar-refractivity contribution is 0.0916. The number of hydrogen-bond donors (Lipinski definition) is 0. The Bertz CT molecular complexity index is 1110. The van der Waals surface area contributed by atoms with Crippen LogP contribution in [0.5, 0.6) is 17.2 Å². The highest BCUT2D eigenvalue weighted by Gasteiger charge is 2.29. The second kappa shape index (κ2) is 11.1. The Kier molecular flexibility index (Phi) is 7.90. The summed E-state index contributed by atoms with van der Waals surface area (Å²) in [5, 5.41) is 0.658. The Labute approximate surface area is 204 Å². The summed E-state index contributed by atoms with van der Waals surface area (Å²) in [6.45, 7) is 10.3. The Morgan fingerprint density at radius 1 is 1.09 bits per heavy atom. The normalized spacial score (nSPS) is 15.5. The molecule has 182 valence electrons. The minimum Gasteiger partial charge on any atom is -0.490 e. The molecule has 2 heterocycles. The third-order valence-corrected chi connectivity index (χ3v) is 6.62. The molecule has 34 heavy (non-hydrogen) atoms. The van der Waals surface area contributed by atoms with E-state index in [1.54, 1.807) is 17.0 Å². The Hall–Kier alpha value is -2.84. The van der Waals surface area contributed by atoms with Crippen LogP contribution in [-0.2, 0) is 4.74 Å². The number of rotatable bonds is 10. The Balaban J connectivity index is 1.76. The highest BCUT2D eigenvalue weighted by molar-refractivity contribution is 7.22. The number of aryl methyl sites for hydroxylation is 1. The van der Waals surface area contributed by atoms with Gasteiger partial charge in [0.2, 0.25) is 5.75 Å². The van der Waals surface area contributed by atoms with Gasteiger partial charge in [-0.3, -0.25) is 9.69 Å². The SMILES string of the molecule is CCOc1cc(C(=O)N(CC2CCCO2)c2nc3ccc(C)cc3s2)cc(OCC)c1OCC. The maximum Gasteiger partial charge on any atom is 0.260 e. The van der Waals surface area contributed by atoms with Gasteiger partial charge in [0.05, 0.1) is 42.7 Å². The van der Waals surface area contributed by atoms with Gasteiger partial charge in [-0.15, -0.1) is 0 Å². The topological polar surface area (TPSA) is 70.1 Å². The zero-order valence-corrected chi connectivity index (χ0v) is 21.1. The van der Waals surface area contributed by atoms with Gasteiger partial charge >= 0.3 is 0 Å². The average Bonchev–Trinajstić information content (AvgIpc) is 3.48. The van der Waals surface area contributed by atoms with Gasteiger partial charge < -0.3 is 18.9 Å². The van der Waals surface area contributed by atoms with Crippen molar-refractivity contribution in [2.45, 2.75) is 46.6 Å². The van der Waals surface area contributed by atoms with Crippen LogP contribution < -0.4 is 19.1 Å². The first-order valence-corrected chi connectivity index (χ1v) is 12.7. The molecule has 1 fully saturated rings. The molecule has 0 saturated carbocycles. The molecule has 1 atom stereocenters. The van der Waals surface area contributed by atoms with Crippen molar-refractivity contribution in [3.63, 3.8) is 0 Å². The maximum absolute atomic E-state index is 13.9. The minimum absolute atomic E-state index is 0.0156. The molecule has 0 radical (unpaired) electrons. The summed E-state index contributed by atoms with van der Waals surface area (Å²) >= 11 is 1.52. The number of hydrogen-bond acceptors (Lipinski definition) is 7. The summed E-state index contributed by atoms with van der Waals surface area (Å²) in [6.07, 6.45) is 1.90. The first kappa shape index (κ1) is 24.3. The van der Waals surface area contributed by atoms with Gasteiger partial charge in [0.1, 0.15) is 0 Å². The standard InChI is InChI=1S/C26H32N2O5S/c1-5-30-21-14-18(15-22(31-6-2)24(21)32-7-3)25(29)28(16-19-9-8-12-33-19)26-27-20-11-10-17(4)13-23(20)34-26/h10-11,13-15,19H,5-9,12,16H2,1-4H3. The molecule has 1 unspecified atom stereocenters. The van der Waals surface area contributed by atoms with Gasteiger partial charge in [-0.05, 0) is 70.4 Å². The highest BCUT2D eigenvalue weighted by Crippen LogP contribution is 2.40. The fraction of sp³-hybridized carbons (Fsp3) is 0.462. The van der Waals surface area contributed by atoms with E-state index >= 15 is 0 Å². The van der Waals surface area contributed by atoms with Crippen LogP contribution >= 0.6 is 11.3 Å². The molecule has 0 spiro atoms. The van der Waals surface area contributed by atoms with E-state index in [9.17, 15) is 4.79 Å². The number of aromatic nitrogens is 1. The number of nitrogens with zero attached hydrogens (tertiary/aromatic N) is 2. The predicted octanol–water partition coefficient (Wildman–Crippen LogP) is 5.63. The van der Waals surface area contributed by atoms with E-state index in [2.05, 4.69) is 13.0 Å². The first-order chi connectivity index (χ1) is 16.5. The fourth-order valence-corrected chi connectivity index (χ4v) is 5.11. The van der Waals surface area contributed by atoms with E-state index in [4.69, 9.17) is 23.9 Å². The van der Waals surface area contributed by atoms with Gasteiger partial charge in [-0.25, -0.2) is 4.98 Å². The van der Waals surface area contributed by atoms with Crippen LogP contribution in [0.25, 0.3) is 10.2 Å². The summed E-state index contributed by atoms with van der Waals surface area (Å²) in [5.74, 6) is 1.34. The average molecular weight is 485 g/mol. The highest BCUT2D eigenvalue weighted by atomic mass is 32.1. The first-order valence-electron chi connectivity index (χ1n) is 11.9. The number of amides is 1. The Morgan fingerprint density at radius 3 is 2.41 bits per heavy atom. The summed E-state index contributed by atoms with van der Waals surface area (Å²) in [6, 6.07) is 9.60. The van der Waals surface area contributed by atoms with Crippen LogP contribution in [-0.4, -0.2) is 50.0 Å². The molecule has 1 aromatic heterocycles. The van der Waals surface area contributed by atoms with Crippen molar-refractivity contribution >= 4 is 32.6 Å². The third-order valence-electron chi connectivity index (χ3n) is 5.57. The summed E-state index contributed by atoms with van der Waals surface area (Å²) < 4.78 is 24.4. The summed E-state index contributed by atoms with van der Waals surface area (Å²) in [7, 11) is 0. The van der Waals surface area contributed by atoms with Crippen molar-refractivity contribution in [3.05, 3.63) is 41.5 Å². The van der Waals surface area contributed by atoms with Crippen molar-refractivity contribution in [1.82, 2.24) is 4.98 Å². The zero-order chi connectivity index (χ0) is 24.1. The van der Waals surface area contributed by atoms with Gasteiger partial charge in [-0.2, -0.15) is 0 Å². The van der Waals surface area contributed by atoms with Crippen molar-refractivity contribution in [2.75, 3.05) is 37.9 Å². The summed E-state index contributed by atoms with van der Waals surface area (Å²) in [5.41, 5.74) is 2.50. The largest absolute Gasteiger partial charge is 0.490 e. The molecule has 1 aliphatic rings. The molecule has 0 aliphatic carbocycles. The quantitative estimate of drug-likeness (QED) is 0.372. The van der Waals surface area contributed by atoms with Gasteiger partial charge in [0.15, 0.2) is 16.6 Å². The number of fused-ring (bicyclic) bond motifs is 1. The predicted molar refractivity (Wildman–Crippen MR) is 135 cm³/mol. The van der Waals surface area contributed by atoms with Crippen molar-refractivity contribution in [2.24, 2.45) is 0 Å². The molecule has 1 saturated heterocycles. The number of carbonyl (C=O) groups excluding carboxylic acids is 1. The van der Waals surface area contributed by atoms with Crippen LogP contribution in [0.1, 0.15) is 49.5 Å². The minimum atomic E-state index is -0.170. The van der Waals surface area contributed by atoms with Crippen LogP contribution in [0.2, 0.25) is 0 Å². The number of ether oxygens (including phenoxy) is 4. The van der Waals surface area contributed by atoms with E-state index in [0.717, 1.165) is 35.2 Å². The molecular weight excluding hydrogens is 452 g/mol. The molecule has 2 aromatic carbocycles. The van der Waals surface area contributed by atoms with Crippen molar-refractivity contribution < 1.29 is 23.7 Å². The van der Waals surface area contributed by atoms with E-state index in [-0.39, 0.29) is 12.0 Å². The third kappa shape index (κ3) is 5.28. The molecule has 4 rings (SSSR count). The number of anilines is 1. The molecule has 1 amide bonds. The van der Waals surface area contributed by atoms with Crippen molar-refractivity contribution in [1.29, 1.82) is 0 Å². The number of thiazole rings is 1. The lowest BCUT2D eigenvalue weighted by atomic mass is 10.1. The zero-order valence-electron chi connectivity index (χ0n) is 20.3. The Morgan fingerprint density at radius 2 is 1.79 bits per heavy atom. The van der Waals surface area contributed by atoms with E-state index in [0.29, 0.717) is 54.3 Å². The molecule has 7 nitrogen and oxygen atoms in total. The van der Waals surface area contributed by atoms with Crippen LogP contribution in [0, 0.1) is 6.92 Å². The molecule has 8 heteroatoms. The number of carbonyl (C=O) groups is 1. The van der Waals surface area contributed by atoms with Gasteiger partial charge in [0, 0.05) is 12.2 Å². The van der Waals surface area contributed by atoms with Gasteiger partial charge in [0.25, 0.3) is 5.91 Å². The second-order valence-corrected chi connectivity index (χ2v) is 9.13. The number of benzene rings is 2. The van der Waals surface area contributed by atoms with Crippen LogP contribution in [0.4, 0.5) is 5.13 Å². The second-order valence-electron chi connectivity index (χ2n) is 8.12.